The van der Waals surface area contributed by atoms with Crippen LogP contribution in [-0.4, -0.2) is 47.7 Å². The summed E-state index contributed by atoms with van der Waals surface area (Å²) in [6.45, 7) is 1.48. The van der Waals surface area contributed by atoms with Crippen LogP contribution in [0.1, 0.15) is 39.8 Å². The number of thiophene rings is 1. The first-order valence-corrected chi connectivity index (χ1v) is 13.9. The molecule has 1 fully saturated rings. The normalized spacial score (nSPS) is 16.7. The molecule has 4 aromatic rings. The lowest BCUT2D eigenvalue weighted by Crippen LogP contribution is -2.44. The number of carbonyl (C=O) groups is 2. The van der Waals surface area contributed by atoms with Crippen molar-refractivity contribution in [2.45, 2.75) is 31.5 Å². The number of amides is 2. The van der Waals surface area contributed by atoms with Gasteiger partial charge in [0.15, 0.2) is 11.5 Å². The van der Waals surface area contributed by atoms with Crippen LogP contribution >= 0.6 is 11.3 Å². The van der Waals surface area contributed by atoms with Gasteiger partial charge in [0.1, 0.15) is 11.7 Å². The van der Waals surface area contributed by atoms with E-state index in [1.807, 2.05) is 72.1 Å². The second kappa shape index (κ2) is 11.3. The molecule has 8 nitrogen and oxygen atoms in total. The van der Waals surface area contributed by atoms with Crippen LogP contribution in [-0.2, 0) is 16.1 Å². The number of hydrogen-bond acceptors (Lipinski definition) is 6. The fourth-order valence-corrected chi connectivity index (χ4v) is 5.80. The Labute approximate surface area is 230 Å². The lowest BCUT2D eigenvalue weighted by atomic mass is 10.1. The van der Waals surface area contributed by atoms with Crippen LogP contribution in [0.4, 0.5) is 0 Å². The molecule has 2 amide bonds. The standard InChI is InChI=1S/C30H29N3O5S/c34-29(31-17-22-8-4-14-36-22)28(27-9-5-15-39-27)33(18-20-10-13-25-26(16-20)38-19-37-25)30(35)24-12-11-23(32-24)21-6-2-1-3-7-21/h1-3,5-7,9-13,15-16,22,28,32H,4,8,14,17-19H2,(H,31,34). The summed E-state index contributed by atoms with van der Waals surface area (Å²) in [5.74, 6) is 0.775. The molecule has 39 heavy (non-hydrogen) atoms. The molecule has 2 aliphatic rings. The Morgan fingerprint density at radius 1 is 1.03 bits per heavy atom. The maximum atomic E-state index is 14.2. The molecule has 0 bridgehead atoms. The zero-order valence-corrected chi connectivity index (χ0v) is 22.1. The Kier molecular flexibility index (Phi) is 7.33. The van der Waals surface area contributed by atoms with E-state index in [4.69, 9.17) is 14.2 Å². The summed E-state index contributed by atoms with van der Waals surface area (Å²) in [5.41, 5.74) is 3.04. The topological polar surface area (TPSA) is 92.9 Å². The number of nitrogens with one attached hydrogen (secondary N) is 2. The van der Waals surface area contributed by atoms with Gasteiger partial charge in [-0.3, -0.25) is 9.59 Å². The van der Waals surface area contributed by atoms with E-state index < -0.39 is 6.04 Å². The van der Waals surface area contributed by atoms with E-state index in [2.05, 4.69) is 10.3 Å². The van der Waals surface area contributed by atoms with Crippen LogP contribution in [0.25, 0.3) is 11.3 Å². The number of fused-ring (bicyclic) bond motifs is 1. The molecule has 200 valence electrons. The van der Waals surface area contributed by atoms with Crippen LogP contribution in [0.15, 0.2) is 78.2 Å². The Hall–Kier alpha value is -4.08. The molecule has 2 atom stereocenters. The summed E-state index contributed by atoms with van der Waals surface area (Å²) >= 11 is 1.45. The lowest BCUT2D eigenvalue weighted by molar-refractivity contribution is -0.126. The molecule has 4 heterocycles. The second-order valence-electron chi connectivity index (χ2n) is 9.57. The van der Waals surface area contributed by atoms with Crippen LogP contribution in [0.2, 0.25) is 0 Å². The molecular formula is C30H29N3O5S. The molecule has 0 saturated carbocycles. The SMILES string of the molecule is O=C(NCC1CCCO1)C(c1cccs1)N(Cc1ccc2c(c1)OCO2)C(=O)c1ccc(-c2ccccc2)[nH]1. The largest absolute Gasteiger partial charge is 0.454 e. The molecule has 2 aromatic heterocycles. The highest BCUT2D eigenvalue weighted by atomic mass is 32.1. The van der Waals surface area contributed by atoms with Crippen molar-refractivity contribution in [2.75, 3.05) is 19.9 Å². The van der Waals surface area contributed by atoms with E-state index in [9.17, 15) is 9.59 Å². The molecule has 6 rings (SSSR count). The molecule has 2 aliphatic heterocycles. The monoisotopic (exact) mass is 543 g/mol. The zero-order chi connectivity index (χ0) is 26.6. The van der Waals surface area contributed by atoms with Gasteiger partial charge in [0.25, 0.3) is 5.91 Å². The van der Waals surface area contributed by atoms with Gasteiger partial charge in [0.2, 0.25) is 12.7 Å². The van der Waals surface area contributed by atoms with Crippen molar-refractivity contribution in [3.63, 3.8) is 0 Å². The van der Waals surface area contributed by atoms with Gasteiger partial charge in [0.05, 0.1) is 6.10 Å². The highest BCUT2D eigenvalue weighted by Gasteiger charge is 2.34. The van der Waals surface area contributed by atoms with Gasteiger partial charge in [-0.15, -0.1) is 11.3 Å². The van der Waals surface area contributed by atoms with Crippen LogP contribution in [0.3, 0.4) is 0 Å². The first-order chi connectivity index (χ1) is 19.2. The number of rotatable bonds is 9. The number of benzene rings is 2. The summed E-state index contributed by atoms with van der Waals surface area (Å²) in [7, 11) is 0. The minimum absolute atomic E-state index is 0.00668. The van der Waals surface area contributed by atoms with Gasteiger partial charge in [-0.05, 0) is 59.7 Å². The predicted molar refractivity (Wildman–Crippen MR) is 148 cm³/mol. The van der Waals surface area contributed by atoms with Crippen LogP contribution in [0, 0.1) is 0 Å². The van der Waals surface area contributed by atoms with E-state index >= 15 is 0 Å². The third-order valence-electron chi connectivity index (χ3n) is 6.95. The Morgan fingerprint density at radius 2 is 1.90 bits per heavy atom. The minimum atomic E-state index is -0.826. The predicted octanol–water partition coefficient (Wildman–Crippen LogP) is 5.15. The maximum Gasteiger partial charge on any atom is 0.271 e. The molecule has 9 heteroatoms. The number of aromatic amines is 1. The average molecular weight is 544 g/mol. The number of nitrogens with zero attached hydrogens (tertiary/aromatic N) is 1. The Balaban J connectivity index is 1.34. The first kappa shape index (κ1) is 25.2. The second-order valence-corrected chi connectivity index (χ2v) is 10.5. The summed E-state index contributed by atoms with van der Waals surface area (Å²) < 4.78 is 16.7. The van der Waals surface area contributed by atoms with E-state index in [0.717, 1.165) is 34.5 Å². The van der Waals surface area contributed by atoms with Gasteiger partial charge < -0.3 is 29.4 Å². The number of ether oxygens (including phenoxy) is 3. The van der Waals surface area contributed by atoms with Crippen molar-refractivity contribution < 1.29 is 23.8 Å². The van der Waals surface area contributed by atoms with Crippen LogP contribution in [0.5, 0.6) is 11.5 Å². The molecule has 1 saturated heterocycles. The fraction of sp³-hybridized carbons (Fsp3) is 0.267. The third-order valence-corrected chi connectivity index (χ3v) is 7.88. The van der Waals surface area contributed by atoms with E-state index in [1.54, 1.807) is 11.0 Å². The molecule has 2 aromatic carbocycles. The lowest BCUT2D eigenvalue weighted by Gasteiger charge is -2.30. The molecule has 2 N–H and O–H groups in total. The Bertz CT molecular complexity index is 1430. The van der Waals surface area contributed by atoms with E-state index in [1.165, 1.54) is 11.3 Å². The molecule has 2 unspecified atom stereocenters. The van der Waals surface area contributed by atoms with Crippen molar-refractivity contribution in [1.82, 2.24) is 15.2 Å². The van der Waals surface area contributed by atoms with E-state index in [-0.39, 0.29) is 31.3 Å². The van der Waals surface area contributed by atoms with Gasteiger partial charge in [-0.1, -0.05) is 42.5 Å². The summed E-state index contributed by atoms with van der Waals surface area (Å²) in [6, 6.07) is 22.0. The van der Waals surface area contributed by atoms with Gasteiger partial charge in [0, 0.05) is 30.3 Å². The quantitative estimate of drug-likeness (QED) is 0.305. The van der Waals surface area contributed by atoms with Crippen molar-refractivity contribution in [1.29, 1.82) is 0 Å². The smallest absolute Gasteiger partial charge is 0.271 e. The van der Waals surface area contributed by atoms with Crippen molar-refractivity contribution in [3.05, 3.63) is 94.3 Å². The van der Waals surface area contributed by atoms with Gasteiger partial charge >= 0.3 is 0 Å². The number of hydrogen-bond donors (Lipinski definition) is 2. The van der Waals surface area contributed by atoms with Crippen molar-refractivity contribution in [2.24, 2.45) is 0 Å². The zero-order valence-electron chi connectivity index (χ0n) is 21.3. The van der Waals surface area contributed by atoms with Crippen molar-refractivity contribution >= 4 is 23.2 Å². The van der Waals surface area contributed by atoms with Crippen LogP contribution < -0.4 is 14.8 Å². The van der Waals surface area contributed by atoms with Crippen molar-refractivity contribution in [3.8, 4) is 22.8 Å². The first-order valence-electron chi connectivity index (χ1n) is 13.0. The summed E-state index contributed by atoms with van der Waals surface area (Å²) in [4.78, 5) is 33.6. The summed E-state index contributed by atoms with van der Waals surface area (Å²) in [6.07, 6.45) is 1.89. The number of carbonyl (C=O) groups excluding carboxylic acids is 2. The fourth-order valence-electron chi connectivity index (χ4n) is 4.96. The maximum absolute atomic E-state index is 14.2. The highest BCUT2D eigenvalue weighted by Crippen LogP contribution is 2.35. The van der Waals surface area contributed by atoms with E-state index in [0.29, 0.717) is 30.3 Å². The van der Waals surface area contributed by atoms with Gasteiger partial charge in [-0.25, -0.2) is 0 Å². The summed E-state index contributed by atoms with van der Waals surface area (Å²) in [5, 5.41) is 4.97. The highest BCUT2D eigenvalue weighted by molar-refractivity contribution is 7.10. The molecule has 0 spiro atoms. The number of H-pyrrole nitrogens is 1. The number of aromatic nitrogens is 1. The molecule has 0 aliphatic carbocycles. The Morgan fingerprint density at radius 3 is 2.69 bits per heavy atom. The average Bonchev–Trinajstić information content (AvgIpc) is 3.79. The van der Waals surface area contributed by atoms with Gasteiger partial charge in [-0.2, -0.15) is 0 Å². The molecule has 0 radical (unpaired) electrons. The minimum Gasteiger partial charge on any atom is -0.454 e. The molecular weight excluding hydrogens is 514 g/mol. The third kappa shape index (κ3) is 5.55.